The second-order valence-electron chi connectivity index (χ2n) is 7.67. The number of aromatic nitrogens is 1. The van der Waals surface area contributed by atoms with Crippen molar-refractivity contribution in [1.29, 1.82) is 0 Å². The van der Waals surface area contributed by atoms with Crippen LogP contribution in [0.4, 0.5) is 5.69 Å². The van der Waals surface area contributed by atoms with Gasteiger partial charge in [-0.25, -0.2) is 4.98 Å². The summed E-state index contributed by atoms with van der Waals surface area (Å²) in [5, 5.41) is 2.81. The number of hydrogen-bond donors (Lipinski definition) is 1. The smallest absolute Gasteiger partial charge is 0.224 e. The molecule has 5 nitrogen and oxygen atoms in total. The molecule has 0 aliphatic carbocycles. The van der Waals surface area contributed by atoms with Crippen molar-refractivity contribution >= 4 is 11.6 Å². The number of nitrogens with zero attached hydrogens (tertiary/aromatic N) is 1. The highest BCUT2D eigenvalue weighted by atomic mass is 16.5. The molecule has 0 fully saturated rings. The summed E-state index contributed by atoms with van der Waals surface area (Å²) >= 11 is 0. The minimum atomic E-state index is -0.0727. The quantitative estimate of drug-likeness (QED) is 0.572. The first-order chi connectivity index (χ1) is 14.6. The first-order valence-corrected chi connectivity index (χ1v) is 10.2. The van der Waals surface area contributed by atoms with Crippen molar-refractivity contribution < 1.29 is 14.3 Å². The van der Waals surface area contributed by atoms with Crippen LogP contribution in [0.2, 0.25) is 0 Å². The van der Waals surface area contributed by atoms with Crippen LogP contribution in [0.1, 0.15) is 37.0 Å². The summed E-state index contributed by atoms with van der Waals surface area (Å²) in [4.78, 5) is 16.1. The summed E-state index contributed by atoms with van der Waals surface area (Å²) in [6.07, 6.45) is 3.91. The molecule has 2 aromatic carbocycles. The number of carbonyl (C=O) groups excluding carboxylic acids is 1. The number of amides is 1. The second-order valence-corrected chi connectivity index (χ2v) is 7.67. The molecule has 0 spiro atoms. The topological polar surface area (TPSA) is 60.5 Å². The number of anilines is 1. The molecule has 0 saturated heterocycles. The average Bonchev–Trinajstić information content (AvgIpc) is 2.75. The van der Waals surface area contributed by atoms with Crippen molar-refractivity contribution in [2.75, 3.05) is 5.32 Å². The molecule has 1 radical (unpaired) electrons. The van der Waals surface area contributed by atoms with Crippen LogP contribution in [0.5, 0.6) is 17.4 Å². The van der Waals surface area contributed by atoms with Gasteiger partial charge in [0.05, 0.1) is 11.9 Å². The Labute approximate surface area is 177 Å². The molecule has 1 aromatic heterocycles. The minimum Gasteiger partial charge on any atom is -0.485 e. The number of hydrogen-bond acceptors (Lipinski definition) is 4. The summed E-state index contributed by atoms with van der Waals surface area (Å²) in [6.45, 7) is 5.73. The van der Waals surface area contributed by atoms with Gasteiger partial charge >= 0.3 is 0 Å². The van der Waals surface area contributed by atoms with E-state index in [0.717, 1.165) is 24.2 Å². The van der Waals surface area contributed by atoms with Crippen LogP contribution in [-0.2, 0) is 11.2 Å². The molecule has 153 valence electrons. The Bertz CT molecular complexity index is 1000. The lowest BCUT2D eigenvalue weighted by molar-refractivity contribution is -0.116. The number of pyridine rings is 1. The normalized spacial score (nSPS) is 15.2. The largest absolute Gasteiger partial charge is 0.485 e. The predicted molar refractivity (Wildman–Crippen MR) is 117 cm³/mol. The molecule has 3 aromatic rings. The molecule has 2 heterocycles. The molecule has 0 bridgehead atoms. The van der Waals surface area contributed by atoms with Crippen molar-refractivity contribution in [3.8, 4) is 17.4 Å². The molecular weight excluding hydrogens is 376 g/mol. The highest BCUT2D eigenvalue weighted by Gasteiger charge is 2.21. The van der Waals surface area contributed by atoms with E-state index in [2.05, 4.69) is 29.4 Å². The molecule has 2 atom stereocenters. The standard InChI is InChI=1S/C25H25N2O3/c1-17(2)14-24(28)27-20-9-13-25(26-16-20)29-21-10-12-23-19(15-21)8-11-22(30-23)18-6-4-3-5-7-18/h3-7,9-10,12-13,15-17,22H,1,8,11,14H2,2H3,(H,27,28)/t17-,22?/m1/s1. The molecule has 1 aliphatic heterocycles. The van der Waals surface area contributed by atoms with Crippen LogP contribution < -0.4 is 14.8 Å². The van der Waals surface area contributed by atoms with Gasteiger partial charge in [0.2, 0.25) is 11.8 Å². The Balaban J connectivity index is 1.39. The molecule has 4 rings (SSSR count). The van der Waals surface area contributed by atoms with Gasteiger partial charge in [-0.05, 0) is 61.1 Å². The van der Waals surface area contributed by atoms with Gasteiger partial charge in [-0.1, -0.05) is 37.3 Å². The molecule has 1 N–H and O–H groups in total. The van der Waals surface area contributed by atoms with Gasteiger partial charge in [0, 0.05) is 12.5 Å². The van der Waals surface area contributed by atoms with Crippen LogP contribution in [0, 0.1) is 12.8 Å². The summed E-state index contributed by atoms with van der Waals surface area (Å²) in [6, 6.07) is 19.7. The fraction of sp³-hybridized carbons (Fsp3) is 0.240. The third-order valence-corrected chi connectivity index (χ3v) is 4.92. The Hall–Kier alpha value is -3.34. The summed E-state index contributed by atoms with van der Waals surface area (Å²) in [5.74, 6) is 2.07. The number of rotatable bonds is 6. The van der Waals surface area contributed by atoms with E-state index < -0.39 is 0 Å². The van der Waals surface area contributed by atoms with Crippen LogP contribution in [0.25, 0.3) is 0 Å². The molecule has 1 amide bonds. The Morgan fingerprint density at radius 3 is 2.80 bits per heavy atom. The van der Waals surface area contributed by atoms with Crippen LogP contribution in [0.3, 0.4) is 0 Å². The Morgan fingerprint density at radius 2 is 2.07 bits per heavy atom. The molecule has 30 heavy (non-hydrogen) atoms. The third kappa shape index (κ3) is 4.98. The lowest BCUT2D eigenvalue weighted by Gasteiger charge is -2.26. The van der Waals surface area contributed by atoms with E-state index in [0.29, 0.717) is 23.7 Å². The lowest BCUT2D eigenvalue weighted by atomic mass is 9.97. The van der Waals surface area contributed by atoms with Crippen molar-refractivity contribution in [1.82, 2.24) is 4.98 Å². The number of carbonyl (C=O) groups is 1. The van der Waals surface area contributed by atoms with Crippen LogP contribution in [-0.4, -0.2) is 10.9 Å². The zero-order valence-corrected chi connectivity index (χ0v) is 17.0. The summed E-state index contributed by atoms with van der Waals surface area (Å²) < 4.78 is 12.1. The van der Waals surface area contributed by atoms with Gasteiger partial charge in [-0.3, -0.25) is 4.79 Å². The fourth-order valence-electron chi connectivity index (χ4n) is 3.49. The SMILES string of the molecule is [CH2][C@H](C)CC(=O)Nc1ccc(Oc2ccc3c(c2)CCC(c2ccccc2)O3)nc1. The summed E-state index contributed by atoms with van der Waals surface area (Å²) in [7, 11) is 0. The third-order valence-electron chi connectivity index (χ3n) is 4.92. The van der Waals surface area contributed by atoms with Crippen LogP contribution in [0.15, 0.2) is 66.9 Å². The van der Waals surface area contributed by atoms with Crippen molar-refractivity contribution in [3.05, 3.63) is 84.9 Å². The lowest BCUT2D eigenvalue weighted by Crippen LogP contribution is -2.15. The van der Waals surface area contributed by atoms with E-state index in [1.807, 2.05) is 43.3 Å². The minimum absolute atomic E-state index is 0.0662. The predicted octanol–water partition coefficient (Wildman–Crippen LogP) is 5.74. The maximum atomic E-state index is 11.8. The number of aryl methyl sites for hydroxylation is 1. The van der Waals surface area contributed by atoms with Gasteiger partial charge in [-0.15, -0.1) is 0 Å². The van der Waals surface area contributed by atoms with Crippen molar-refractivity contribution in [2.24, 2.45) is 5.92 Å². The van der Waals surface area contributed by atoms with E-state index in [-0.39, 0.29) is 17.9 Å². The first kappa shape index (κ1) is 20.0. The van der Waals surface area contributed by atoms with E-state index in [1.54, 1.807) is 18.3 Å². The van der Waals surface area contributed by atoms with E-state index in [1.165, 1.54) is 5.56 Å². The van der Waals surface area contributed by atoms with E-state index in [4.69, 9.17) is 9.47 Å². The van der Waals surface area contributed by atoms with Gasteiger partial charge in [0.1, 0.15) is 17.6 Å². The molecular formula is C25H25N2O3. The molecule has 0 saturated carbocycles. The highest BCUT2D eigenvalue weighted by molar-refractivity contribution is 5.90. The van der Waals surface area contributed by atoms with Crippen molar-refractivity contribution in [2.45, 2.75) is 32.3 Å². The van der Waals surface area contributed by atoms with Gasteiger partial charge in [0.15, 0.2) is 0 Å². The van der Waals surface area contributed by atoms with Gasteiger partial charge in [0.25, 0.3) is 0 Å². The van der Waals surface area contributed by atoms with Gasteiger partial charge in [-0.2, -0.15) is 0 Å². The average molecular weight is 401 g/mol. The van der Waals surface area contributed by atoms with E-state index in [9.17, 15) is 4.79 Å². The van der Waals surface area contributed by atoms with Gasteiger partial charge < -0.3 is 14.8 Å². The number of benzene rings is 2. The molecule has 1 unspecified atom stereocenters. The molecule has 5 heteroatoms. The molecule has 1 aliphatic rings. The maximum absolute atomic E-state index is 11.8. The first-order valence-electron chi connectivity index (χ1n) is 10.2. The monoisotopic (exact) mass is 401 g/mol. The van der Waals surface area contributed by atoms with Crippen LogP contribution >= 0.6 is 0 Å². The summed E-state index contributed by atoms with van der Waals surface area (Å²) in [5.41, 5.74) is 2.97. The number of fused-ring (bicyclic) bond motifs is 1. The van der Waals surface area contributed by atoms with Crippen molar-refractivity contribution in [3.63, 3.8) is 0 Å². The van der Waals surface area contributed by atoms with E-state index >= 15 is 0 Å². The Kier molecular flexibility index (Phi) is 5.98. The number of nitrogens with one attached hydrogen (secondary N) is 1. The zero-order valence-electron chi connectivity index (χ0n) is 17.0. The Morgan fingerprint density at radius 1 is 1.23 bits per heavy atom. The fourth-order valence-corrected chi connectivity index (χ4v) is 3.49. The number of ether oxygens (including phenoxy) is 2. The zero-order chi connectivity index (χ0) is 20.9. The second kappa shape index (κ2) is 8.99. The highest BCUT2D eigenvalue weighted by Crippen LogP contribution is 2.37. The maximum Gasteiger partial charge on any atom is 0.224 e.